The molecule has 2 N–H and O–H groups in total. The number of aromatic nitrogens is 3. The average molecular weight is 228 g/mol. The van der Waals surface area contributed by atoms with Crippen LogP contribution in [0.5, 0.6) is 0 Å². The maximum absolute atomic E-state index is 11.1. The van der Waals surface area contributed by atoms with Gasteiger partial charge in [0.1, 0.15) is 0 Å². The first-order valence-corrected chi connectivity index (χ1v) is 4.92. The minimum atomic E-state index is -1.50. The van der Waals surface area contributed by atoms with Crippen LogP contribution in [0.25, 0.3) is 0 Å². The lowest BCUT2D eigenvalue weighted by atomic mass is 10.1. The van der Waals surface area contributed by atoms with E-state index >= 15 is 0 Å². The lowest BCUT2D eigenvalue weighted by molar-refractivity contribution is -0.159. The predicted octanol–water partition coefficient (Wildman–Crippen LogP) is -1.21. The first kappa shape index (κ1) is 12.6. The van der Waals surface area contributed by atoms with E-state index < -0.39 is 11.6 Å². The van der Waals surface area contributed by atoms with Gasteiger partial charge in [-0.15, -0.1) is 5.10 Å². The molecule has 7 nitrogen and oxygen atoms in total. The number of ether oxygens (including phenoxy) is 1. The molecule has 0 aromatic carbocycles. The van der Waals surface area contributed by atoms with Crippen molar-refractivity contribution in [1.29, 1.82) is 0 Å². The van der Waals surface area contributed by atoms with Crippen molar-refractivity contribution in [1.82, 2.24) is 20.3 Å². The van der Waals surface area contributed by atoms with Crippen LogP contribution >= 0.6 is 0 Å². The van der Waals surface area contributed by atoms with Crippen LogP contribution in [0.1, 0.15) is 6.92 Å². The summed E-state index contributed by atoms with van der Waals surface area (Å²) >= 11 is 0. The summed E-state index contributed by atoms with van der Waals surface area (Å²) in [4.78, 5) is 11.1. The van der Waals surface area contributed by atoms with Gasteiger partial charge in [0, 0.05) is 19.3 Å². The molecule has 1 unspecified atom stereocenters. The van der Waals surface area contributed by atoms with Crippen molar-refractivity contribution in [3.63, 3.8) is 0 Å². The van der Waals surface area contributed by atoms with Crippen LogP contribution in [0, 0.1) is 0 Å². The molecule has 16 heavy (non-hydrogen) atoms. The Balaban J connectivity index is 2.22. The molecule has 0 spiro atoms. The van der Waals surface area contributed by atoms with Crippen molar-refractivity contribution in [2.75, 3.05) is 20.2 Å². The molecule has 0 bridgehead atoms. The van der Waals surface area contributed by atoms with Crippen LogP contribution in [0.2, 0.25) is 0 Å². The van der Waals surface area contributed by atoms with Gasteiger partial charge in [0.25, 0.3) is 0 Å². The molecule has 7 heteroatoms. The lowest BCUT2D eigenvalue weighted by Crippen LogP contribution is -2.46. The number of esters is 1. The number of hydrogen-bond donors (Lipinski definition) is 2. The van der Waals surface area contributed by atoms with Gasteiger partial charge >= 0.3 is 5.97 Å². The van der Waals surface area contributed by atoms with E-state index in [2.05, 4.69) is 20.4 Å². The average Bonchev–Trinajstić information content (AvgIpc) is 2.76. The summed E-state index contributed by atoms with van der Waals surface area (Å²) in [6.07, 6.45) is 3.32. The number of carbonyl (C=O) groups excluding carboxylic acids is 1. The molecule has 0 aliphatic rings. The smallest absolute Gasteiger partial charge is 0.338 e. The van der Waals surface area contributed by atoms with Crippen LogP contribution in [0.3, 0.4) is 0 Å². The third-order valence-corrected chi connectivity index (χ3v) is 2.08. The Morgan fingerprint density at radius 3 is 3.00 bits per heavy atom. The molecule has 1 atom stereocenters. The Bertz CT molecular complexity index is 324. The second kappa shape index (κ2) is 5.57. The van der Waals surface area contributed by atoms with Crippen molar-refractivity contribution in [2.24, 2.45) is 0 Å². The van der Waals surface area contributed by atoms with E-state index in [4.69, 9.17) is 0 Å². The Hall–Kier alpha value is -1.47. The van der Waals surface area contributed by atoms with Gasteiger partial charge < -0.3 is 15.2 Å². The summed E-state index contributed by atoms with van der Waals surface area (Å²) in [5, 5.41) is 20.0. The highest BCUT2D eigenvalue weighted by molar-refractivity contribution is 5.78. The minimum absolute atomic E-state index is 0.133. The van der Waals surface area contributed by atoms with Gasteiger partial charge in [0.15, 0.2) is 5.60 Å². The van der Waals surface area contributed by atoms with Gasteiger partial charge in [-0.2, -0.15) is 0 Å². The van der Waals surface area contributed by atoms with Crippen LogP contribution < -0.4 is 5.32 Å². The molecule has 0 saturated heterocycles. The molecule has 0 fully saturated rings. The lowest BCUT2D eigenvalue weighted by Gasteiger charge is -2.20. The van der Waals surface area contributed by atoms with Crippen LogP contribution in [0.4, 0.5) is 0 Å². The largest absolute Gasteiger partial charge is 0.467 e. The maximum atomic E-state index is 11.1. The summed E-state index contributed by atoms with van der Waals surface area (Å²) in [7, 11) is 1.24. The quantitative estimate of drug-likeness (QED) is 0.469. The molecule has 0 amide bonds. The van der Waals surface area contributed by atoms with Gasteiger partial charge in [-0.05, 0) is 6.92 Å². The molecule has 0 aliphatic carbocycles. The molecule has 0 saturated carbocycles. The molecule has 90 valence electrons. The summed E-state index contributed by atoms with van der Waals surface area (Å²) in [5.74, 6) is -0.652. The number of carbonyl (C=O) groups is 1. The minimum Gasteiger partial charge on any atom is -0.467 e. The summed E-state index contributed by atoms with van der Waals surface area (Å²) in [6, 6.07) is 0. The first-order valence-electron chi connectivity index (χ1n) is 4.92. The Morgan fingerprint density at radius 1 is 1.69 bits per heavy atom. The number of nitrogens with zero attached hydrogens (tertiary/aromatic N) is 3. The molecule has 0 aliphatic heterocycles. The van der Waals surface area contributed by atoms with Crippen molar-refractivity contribution in [3.8, 4) is 0 Å². The second-order valence-electron chi connectivity index (χ2n) is 3.61. The molecular weight excluding hydrogens is 212 g/mol. The van der Waals surface area contributed by atoms with Crippen LogP contribution in [0.15, 0.2) is 12.4 Å². The second-order valence-corrected chi connectivity index (χ2v) is 3.61. The highest BCUT2D eigenvalue weighted by atomic mass is 16.5. The van der Waals surface area contributed by atoms with Crippen molar-refractivity contribution < 1.29 is 14.6 Å². The van der Waals surface area contributed by atoms with E-state index in [0.717, 1.165) is 0 Å². The van der Waals surface area contributed by atoms with E-state index in [1.165, 1.54) is 14.0 Å². The number of rotatable bonds is 6. The van der Waals surface area contributed by atoms with E-state index in [1.54, 1.807) is 17.1 Å². The summed E-state index contributed by atoms with van der Waals surface area (Å²) in [5.41, 5.74) is -1.50. The fourth-order valence-corrected chi connectivity index (χ4v) is 1.17. The fourth-order valence-electron chi connectivity index (χ4n) is 1.17. The Kier molecular flexibility index (Phi) is 4.39. The van der Waals surface area contributed by atoms with Gasteiger partial charge in [0.2, 0.25) is 0 Å². The van der Waals surface area contributed by atoms with Crippen LogP contribution in [-0.2, 0) is 16.1 Å². The van der Waals surface area contributed by atoms with Gasteiger partial charge in [-0.1, -0.05) is 5.21 Å². The normalized spacial score (nSPS) is 14.4. The van der Waals surface area contributed by atoms with Crippen LogP contribution in [-0.4, -0.2) is 51.9 Å². The third-order valence-electron chi connectivity index (χ3n) is 2.08. The number of aliphatic hydroxyl groups is 1. The van der Waals surface area contributed by atoms with E-state index in [0.29, 0.717) is 13.1 Å². The SMILES string of the molecule is COC(=O)C(C)(O)CNCCn1ccnn1. The van der Waals surface area contributed by atoms with E-state index in [-0.39, 0.29) is 6.54 Å². The Labute approximate surface area is 93.4 Å². The van der Waals surface area contributed by atoms with Gasteiger partial charge in [-0.3, -0.25) is 4.68 Å². The first-order chi connectivity index (χ1) is 7.56. The molecular formula is C9H16N4O3. The van der Waals surface area contributed by atoms with E-state index in [1.807, 2.05) is 0 Å². The summed E-state index contributed by atoms with van der Waals surface area (Å²) < 4.78 is 6.11. The highest BCUT2D eigenvalue weighted by Gasteiger charge is 2.30. The number of nitrogens with one attached hydrogen (secondary N) is 1. The number of hydrogen-bond acceptors (Lipinski definition) is 6. The van der Waals surface area contributed by atoms with Crippen molar-refractivity contribution in [2.45, 2.75) is 19.1 Å². The Morgan fingerprint density at radius 2 is 2.44 bits per heavy atom. The molecule has 1 aromatic heterocycles. The summed E-state index contributed by atoms with van der Waals surface area (Å²) in [6.45, 7) is 2.74. The molecule has 1 heterocycles. The monoisotopic (exact) mass is 228 g/mol. The zero-order valence-corrected chi connectivity index (χ0v) is 9.38. The number of methoxy groups -OCH3 is 1. The highest BCUT2D eigenvalue weighted by Crippen LogP contribution is 2.03. The van der Waals surface area contributed by atoms with Gasteiger partial charge in [-0.25, -0.2) is 4.79 Å². The standard InChI is InChI=1S/C9H16N4O3/c1-9(15,8(14)16-2)7-10-3-5-13-6-4-11-12-13/h4,6,10,15H,3,5,7H2,1-2H3. The zero-order valence-electron chi connectivity index (χ0n) is 9.38. The van der Waals surface area contributed by atoms with E-state index in [9.17, 15) is 9.90 Å². The van der Waals surface area contributed by atoms with Gasteiger partial charge in [0.05, 0.1) is 19.9 Å². The maximum Gasteiger partial charge on any atom is 0.338 e. The predicted molar refractivity (Wildman–Crippen MR) is 55.5 cm³/mol. The molecule has 1 rings (SSSR count). The molecule has 0 radical (unpaired) electrons. The fraction of sp³-hybridized carbons (Fsp3) is 0.667. The van der Waals surface area contributed by atoms with Crippen molar-refractivity contribution >= 4 is 5.97 Å². The third kappa shape index (κ3) is 3.59. The molecule has 1 aromatic rings. The van der Waals surface area contributed by atoms with Crippen molar-refractivity contribution in [3.05, 3.63) is 12.4 Å². The topological polar surface area (TPSA) is 89.3 Å². The zero-order chi connectivity index (χ0) is 12.0.